The second-order valence-electron chi connectivity index (χ2n) is 7.72. The van der Waals surface area contributed by atoms with Crippen LogP contribution in [0.5, 0.6) is 0 Å². The van der Waals surface area contributed by atoms with E-state index in [4.69, 9.17) is 4.74 Å². The Morgan fingerprint density at radius 3 is 2.55 bits per heavy atom. The molecule has 2 heterocycles. The van der Waals surface area contributed by atoms with Crippen molar-refractivity contribution in [3.63, 3.8) is 0 Å². The lowest BCUT2D eigenvalue weighted by Gasteiger charge is -2.17. The summed E-state index contributed by atoms with van der Waals surface area (Å²) < 4.78 is 5.56. The number of rotatable bonds is 5. The fourth-order valence-electron chi connectivity index (χ4n) is 3.81. The van der Waals surface area contributed by atoms with Crippen LogP contribution in [0, 0.1) is 6.92 Å². The van der Waals surface area contributed by atoms with Crippen LogP contribution in [0.4, 0.5) is 0 Å². The normalized spacial score (nSPS) is 19.4. The summed E-state index contributed by atoms with van der Waals surface area (Å²) in [5.41, 5.74) is 3.14. The van der Waals surface area contributed by atoms with Crippen molar-refractivity contribution in [3.8, 4) is 0 Å². The molecule has 2 aliphatic heterocycles. The van der Waals surface area contributed by atoms with E-state index in [1.165, 1.54) is 11.0 Å². The van der Waals surface area contributed by atoms with Crippen molar-refractivity contribution in [3.05, 3.63) is 70.3 Å². The highest BCUT2D eigenvalue weighted by atomic mass is 16.5. The summed E-state index contributed by atoms with van der Waals surface area (Å²) >= 11 is 0. The van der Waals surface area contributed by atoms with Gasteiger partial charge in [-0.05, 0) is 50.5 Å². The highest BCUT2D eigenvalue weighted by molar-refractivity contribution is 6.22. The van der Waals surface area contributed by atoms with E-state index in [1.807, 2.05) is 38.1 Å². The molecular formula is C23H24N2O4. The average molecular weight is 392 g/mol. The molecule has 150 valence electrons. The number of fused-ring (bicyclic) bond motifs is 1. The third-order valence-electron chi connectivity index (χ3n) is 5.57. The second kappa shape index (κ2) is 7.79. The Labute approximate surface area is 169 Å². The summed E-state index contributed by atoms with van der Waals surface area (Å²) in [7, 11) is 0. The molecule has 0 aromatic heterocycles. The first-order chi connectivity index (χ1) is 13.9. The summed E-state index contributed by atoms with van der Waals surface area (Å²) in [5, 5.41) is 2.95. The van der Waals surface area contributed by atoms with Crippen molar-refractivity contribution in [2.75, 3.05) is 13.2 Å². The maximum atomic E-state index is 12.8. The number of nitrogens with one attached hydrogen (secondary N) is 1. The van der Waals surface area contributed by atoms with E-state index in [-0.39, 0.29) is 42.0 Å². The molecule has 1 fully saturated rings. The Morgan fingerprint density at radius 1 is 1.14 bits per heavy atom. The van der Waals surface area contributed by atoms with Crippen LogP contribution in [0.1, 0.15) is 68.0 Å². The summed E-state index contributed by atoms with van der Waals surface area (Å²) in [4.78, 5) is 39.3. The number of imide groups is 1. The molecular weight excluding hydrogens is 368 g/mol. The van der Waals surface area contributed by atoms with Gasteiger partial charge in [0.2, 0.25) is 0 Å². The number of hydrogen-bond donors (Lipinski definition) is 1. The van der Waals surface area contributed by atoms with Crippen LogP contribution in [-0.4, -0.2) is 41.9 Å². The molecule has 2 aromatic carbocycles. The van der Waals surface area contributed by atoms with Crippen molar-refractivity contribution in [1.82, 2.24) is 10.2 Å². The molecule has 3 amide bonds. The minimum atomic E-state index is -0.360. The van der Waals surface area contributed by atoms with Crippen LogP contribution in [0.2, 0.25) is 0 Å². The zero-order valence-corrected chi connectivity index (χ0v) is 16.6. The molecule has 1 N–H and O–H groups in total. The Kier molecular flexibility index (Phi) is 5.20. The van der Waals surface area contributed by atoms with E-state index < -0.39 is 0 Å². The van der Waals surface area contributed by atoms with Gasteiger partial charge in [-0.15, -0.1) is 0 Å². The molecule has 2 unspecified atom stereocenters. The molecule has 2 aromatic rings. The second-order valence-corrected chi connectivity index (χ2v) is 7.72. The van der Waals surface area contributed by atoms with Crippen molar-refractivity contribution >= 4 is 17.7 Å². The summed E-state index contributed by atoms with van der Waals surface area (Å²) in [6, 6.07) is 12.5. The predicted molar refractivity (Wildman–Crippen MR) is 108 cm³/mol. The summed E-state index contributed by atoms with van der Waals surface area (Å²) in [5.74, 6) is -0.957. The van der Waals surface area contributed by atoms with Crippen LogP contribution in [0.3, 0.4) is 0 Å². The van der Waals surface area contributed by atoms with E-state index in [0.717, 1.165) is 24.0 Å². The fourth-order valence-corrected chi connectivity index (χ4v) is 3.81. The molecule has 0 saturated carbocycles. The molecule has 29 heavy (non-hydrogen) atoms. The Hall–Kier alpha value is -2.99. The van der Waals surface area contributed by atoms with Crippen molar-refractivity contribution in [1.29, 1.82) is 0 Å². The van der Waals surface area contributed by atoms with Gasteiger partial charge in [0.15, 0.2) is 0 Å². The Balaban J connectivity index is 1.49. The maximum Gasteiger partial charge on any atom is 0.261 e. The van der Waals surface area contributed by atoms with Crippen LogP contribution in [0.15, 0.2) is 42.5 Å². The van der Waals surface area contributed by atoms with E-state index in [9.17, 15) is 14.4 Å². The van der Waals surface area contributed by atoms with Crippen LogP contribution in [-0.2, 0) is 4.74 Å². The standard InChI is InChI=1S/C23H24N2O4/c1-14-5-7-16(8-6-14)15(2)24-21(26)17-9-10-19-20(12-17)23(28)25(22(19)27)13-18-4-3-11-29-18/h5-10,12,15,18H,3-4,11,13H2,1-2H3,(H,24,26). The third-order valence-corrected chi connectivity index (χ3v) is 5.57. The van der Waals surface area contributed by atoms with Crippen molar-refractivity contribution < 1.29 is 19.1 Å². The fraction of sp³-hybridized carbons (Fsp3) is 0.348. The van der Waals surface area contributed by atoms with E-state index in [2.05, 4.69) is 5.32 Å². The molecule has 6 nitrogen and oxygen atoms in total. The van der Waals surface area contributed by atoms with Crippen molar-refractivity contribution in [2.24, 2.45) is 0 Å². The maximum absolute atomic E-state index is 12.8. The molecule has 0 aliphatic carbocycles. The summed E-state index contributed by atoms with van der Waals surface area (Å²) in [6.45, 7) is 4.85. The van der Waals surface area contributed by atoms with Gasteiger partial charge in [-0.2, -0.15) is 0 Å². The number of amides is 3. The lowest BCUT2D eigenvalue weighted by atomic mass is 10.0. The third kappa shape index (κ3) is 3.80. The molecule has 0 bridgehead atoms. The molecule has 2 aliphatic rings. The zero-order chi connectivity index (χ0) is 20.5. The van der Waals surface area contributed by atoms with Gasteiger partial charge < -0.3 is 10.1 Å². The Morgan fingerprint density at radius 2 is 1.86 bits per heavy atom. The van der Waals surface area contributed by atoms with Gasteiger partial charge in [0.05, 0.1) is 29.8 Å². The van der Waals surface area contributed by atoms with Gasteiger partial charge in [-0.25, -0.2) is 0 Å². The van der Waals surface area contributed by atoms with Crippen LogP contribution >= 0.6 is 0 Å². The first-order valence-electron chi connectivity index (χ1n) is 9.93. The number of nitrogens with zero attached hydrogens (tertiary/aromatic N) is 1. The zero-order valence-electron chi connectivity index (χ0n) is 16.6. The summed E-state index contributed by atoms with van der Waals surface area (Å²) in [6.07, 6.45) is 1.69. The van der Waals surface area contributed by atoms with Gasteiger partial charge in [0.1, 0.15) is 0 Å². The van der Waals surface area contributed by atoms with Gasteiger partial charge in [0.25, 0.3) is 17.7 Å². The molecule has 6 heteroatoms. The molecule has 2 atom stereocenters. The van der Waals surface area contributed by atoms with Crippen molar-refractivity contribution in [2.45, 2.75) is 38.8 Å². The topological polar surface area (TPSA) is 75.7 Å². The highest BCUT2D eigenvalue weighted by Gasteiger charge is 2.38. The van der Waals surface area contributed by atoms with E-state index >= 15 is 0 Å². The number of ether oxygens (including phenoxy) is 1. The number of carbonyl (C=O) groups is 3. The minimum absolute atomic E-state index is 0.102. The lowest BCUT2D eigenvalue weighted by molar-refractivity contribution is 0.0475. The van der Waals surface area contributed by atoms with Crippen LogP contribution in [0.25, 0.3) is 0 Å². The SMILES string of the molecule is Cc1ccc(C(C)NC(=O)c2ccc3c(c2)C(=O)N(CC2CCCO2)C3=O)cc1. The molecule has 4 rings (SSSR count). The predicted octanol–water partition coefficient (Wildman–Crippen LogP) is 3.26. The van der Waals surface area contributed by atoms with E-state index in [0.29, 0.717) is 17.7 Å². The number of hydrogen-bond acceptors (Lipinski definition) is 4. The molecule has 0 spiro atoms. The smallest absolute Gasteiger partial charge is 0.261 e. The number of benzene rings is 2. The number of aryl methyl sites for hydroxylation is 1. The van der Waals surface area contributed by atoms with Gasteiger partial charge in [-0.3, -0.25) is 19.3 Å². The first-order valence-corrected chi connectivity index (χ1v) is 9.93. The quantitative estimate of drug-likeness (QED) is 0.793. The monoisotopic (exact) mass is 392 g/mol. The minimum Gasteiger partial charge on any atom is -0.376 e. The largest absolute Gasteiger partial charge is 0.376 e. The highest BCUT2D eigenvalue weighted by Crippen LogP contribution is 2.26. The van der Waals surface area contributed by atoms with E-state index in [1.54, 1.807) is 12.1 Å². The molecule has 0 radical (unpaired) electrons. The van der Waals surface area contributed by atoms with Gasteiger partial charge in [-0.1, -0.05) is 29.8 Å². The average Bonchev–Trinajstić information content (AvgIpc) is 3.31. The molecule has 1 saturated heterocycles. The Bertz CT molecular complexity index is 961. The first kappa shape index (κ1) is 19.3. The van der Waals surface area contributed by atoms with Crippen LogP contribution < -0.4 is 5.32 Å². The van der Waals surface area contributed by atoms with Gasteiger partial charge >= 0.3 is 0 Å². The lowest BCUT2D eigenvalue weighted by Crippen LogP contribution is -2.36. The number of carbonyl (C=O) groups excluding carboxylic acids is 3. The van der Waals surface area contributed by atoms with Gasteiger partial charge in [0, 0.05) is 12.2 Å².